The quantitative estimate of drug-likeness (QED) is 0.921. The molecule has 0 aliphatic carbocycles. The van der Waals surface area contributed by atoms with Crippen LogP contribution in [0.5, 0.6) is 0 Å². The summed E-state index contributed by atoms with van der Waals surface area (Å²) in [6, 6.07) is 3.43. The Kier molecular flexibility index (Phi) is 4.10. The number of likely N-dealkylation sites (tertiary alicyclic amines) is 1. The molecule has 0 spiro atoms. The number of hydrogen-bond donors (Lipinski definition) is 1. The number of aromatic amines is 1. The lowest BCUT2D eigenvalue weighted by molar-refractivity contribution is 0.0671. The highest BCUT2D eigenvalue weighted by molar-refractivity contribution is 9.10. The van der Waals surface area contributed by atoms with Gasteiger partial charge in [-0.25, -0.2) is 4.98 Å². The first-order chi connectivity index (χ1) is 10.2. The maximum atomic E-state index is 12.4. The summed E-state index contributed by atoms with van der Waals surface area (Å²) in [6.45, 7) is 3.42. The molecule has 1 saturated heterocycles. The van der Waals surface area contributed by atoms with Gasteiger partial charge in [0.15, 0.2) is 16.3 Å². The van der Waals surface area contributed by atoms with Crippen LogP contribution in [0, 0.1) is 0 Å². The summed E-state index contributed by atoms with van der Waals surface area (Å²) in [7, 11) is 0. The Labute approximate surface area is 131 Å². The molecule has 6 nitrogen and oxygen atoms in total. The summed E-state index contributed by atoms with van der Waals surface area (Å²) in [5.41, 5.74) is 0. The molecule has 0 saturated carbocycles. The van der Waals surface area contributed by atoms with Gasteiger partial charge in [0.1, 0.15) is 5.82 Å². The van der Waals surface area contributed by atoms with Crippen LogP contribution in [0.15, 0.2) is 21.2 Å². The van der Waals surface area contributed by atoms with E-state index in [4.69, 9.17) is 4.42 Å². The van der Waals surface area contributed by atoms with Gasteiger partial charge in [0.2, 0.25) is 0 Å². The third kappa shape index (κ3) is 3.02. The third-order valence-corrected chi connectivity index (χ3v) is 4.17. The Balaban J connectivity index is 1.72. The smallest absolute Gasteiger partial charge is 0.289 e. The molecule has 1 fully saturated rings. The van der Waals surface area contributed by atoms with Gasteiger partial charge in [-0.3, -0.25) is 9.89 Å². The van der Waals surface area contributed by atoms with Crippen LogP contribution in [0.4, 0.5) is 0 Å². The molecule has 7 heteroatoms. The Hall–Kier alpha value is -1.63. The molecule has 1 aliphatic heterocycles. The molecule has 0 radical (unpaired) electrons. The van der Waals surface area contributed by atoms with Crippen molar-refractivity contribution in [2.24, 2.45) is 0 Å². The number of rotatable bonds is 3. The third-order valence-electron chi connectivity index (χ3n) is 3.74. The number of piperidine rings is 1. The number of aryl methyl sites for hydroxylation is 1. The van der Waals surface area contributed by atoms with E-state index in [1.165, 1.54) is 0 Å². The number of H-pyrrole nitrogens is 1. The Morgan fingerprint density at radius 3 is 3.10 bits per heavy atom. The number of hydrogen-bond acceptors (Lipinski definition) is 4. The predicted octanol–water partition coefficient (Wildman–Crippen LogP) is 2.74. The number of amides is 1. The monoisotopic (exact) mass is 352 g/mol. The topological polar surface area (TPSA) is 75.0 Å². The Morgan fingerprint density at radius 1 is 1.57 bits per heavy atom. The number of nitrogens with one attached hydrogen (secondary N) is 1. The van der Waals surface area contributed by atoms with Gasteiger partial charge in [-0.15, -0.1) is 0 Å². The van der Waals surface area contributed by atoms with Crippen molar-refractivity contribution in [3.63, 3.8) is 0 Å². The molecule has 0 unspecified atom stereocenters. The van der Waals surface area contributed by atoms with E-state index in [0.29, 0.717) is 17.0 Å². The van der Waals surface area contributed by atoms with Crippen molar-refractivity contribution >= 4 is 21.8 Å². The van der Waals surface area contributed by atoms with E-state index in [1.54, 1.807) is 12.1 Å². The lowest BCUT2D eigenvalue weighted by atomic mass is 9.97. The summed E-state index contributed by atoms with van der Waals surface area (Å²) in [6.07, 6.45) is 2.80. The second-order valence-corrected chi connectivity index (χ2v) is 5.97. The maximum Gasteiger partial charge on any atom is 0.289 e. The van der Waals surface area contributed by atoms with Crippen molar-refractivity contribution in [3.8, 4) is 0 Å². The highest BCUT2D eigenvalue weighted by Gasteiger charge is 2.29. The van der Waals surface area contributed by atoms with Crippen LogP contribution < -0.4 is 0 Å². The van der Waals surface area contributed by atoms with Crippen LogP contribution in [0.2, 0.25) is 0 Å². The molecule has 0 bridgehead atoms. The number of carbonyl (C=O) groups is 1. The van der Waals surface area contributed by atoms with E-state index in [1.807, 2.05) is 11.8 Å². The minimum atomic E-state index is -0.0725. The first kappa shape index (κ1) is 14.3. The number of halogens is 1. The normalized spacial score (nSPS) is 19.0. The van der Waals surface area contributed by atoms with Crippen LogP contribution in [0.3, 0.4) is 0 Å². The van der Waals surface area contributed by atoms with Gasteiger partial charge in [-0.2, -0.15) is 5.10 Å². The zero-order valence-electron chi connectivity index (χ0n) is 11.8. The van der Waals surface area contributed by atoms with E-state index in [0.717, 1.165) is 37.5 Å². The fourth-order valence-corrected chi connectivity index (χ4v) is 2.91. The summed E-state index contributed by atoms with van der Waals surface area (Å²) >= 11 is 3.22. The average molecular weight is 353 g/mol. The van der Waals surface area contributed by atoms with Gasteiger partial charge in [0.05, 0.1) is 0 Å². The van der Waals surface area contributed by atoms with Crippen molar-refractivity contribution in [3.05, 3.63) is 34.2 Å². The van der Waals surface area contributed by atoms with E-state index in [9.17, 15) is 4.79 Å². The molecular weight excluding hydrogens is 336 g/mol. The Bertz CT molecular complexity index is 636. The molecule has 0 aromatic carbocycles. The minimum absolute atomic E-state index is 0.0725. The maximum absolute atomic E-state index is 12.4. The van der Waals surface area contributed by atoms with E-state index in [2.05, 4.69) is 31.1 Å². The fraction of sp³-hybridized carbons (Fsp3) is 0.500. The van der Waals surface area contributed by atoms with Crippen molar-refractivity contribution < 1.29 is 9.21 Å². The van der Waals surface area contributed by atoms with Gasteiger partial charge in [0.25, 0.3) is 5.91 Å². The molecule has 2 aromatic rings. The van der Waals surface area contributed by atoms with Crippen LogP contribution in [0.25, 0.3) is 0 Å². The standard InChI is InChI=1S/C14H17BrN4O2/c1-2-12-16-13(18-17-12)9-4-3-7-19(8-9)14(20)10-5-6-11(15)21-10/h5-6,9H,2-4,7-8H2,1H3,(H,16,17,18)/t9-/m1/s1. The van der Waals surface area contributed by atoms with Crippen molar-refractivity contribution in [2.45, 2.75) is 32.1 Å². The van der Waals surface area contributed by atoms with E-state index >= 15 is 0 Å². The molecule has 112 valence electrons. The number of carbonyl (C=O) groups excluding carboxylic acids is 1. The number of nitrogens with zero attached hydrogens (tertiary/aromatic N) is 3. The van der Waals surface area contributed by atoms with Crippen LogP contribution in [-0.4, -0.2) is 39.1 Å². The summed E-state index contributed by atoms with van der Waals surface area (Å²) in [4.78, 5) is 18.7. The lowest BCUT2D eigenvalue weighted by Crippen LogP contribution is -2.39. The average Bonchev–Trinajstić information content (AvgIpc) is 3.15. The van der Waals surface area contributed by atoms with Crippen molar-refractivity contribution in [2.75, 3.05) is 13.1 Å². The van der Waals surface area contributed by atoms with Gasteiger partial charge in [-0.1, -0.05) is 6.92 Å². The fourth-order valence-electron chi connectivity index (χ4n) is 2.61. The lowest BCUT2D eigenvalue weighted by Gasteiger charge is -2.30. The largest absolute Gasteiger partial charge is 0.444 e. The number of furan rings is 1. The first-order valence-corrected chi connectivity index (χ1v) is 7.92. The first-order valence-electron chi connectivity index (χ1n) is 7.13. The predicted molar refractivity (Wildman–Crippen MR) is 80.0 cm³/mol. The molecule has 2 aromatic heterocycles. The van der Waals surface area contributed by atoms with Crippen LogP contribution >= 0.6 is 15.9 Å². The van der Waals surface area contributed by atoms with Gasteiger partial charge < -0.3 is 9.32 Å². The second kappa shape index (κ2) is 6.01. The molecule has 1 aliphatic rings. The van der Waals surface area contributed by atoms with Crippen LogP contribution in [-0.2, 0) is 6.42 Å². The van der Waals surface area contributed by atoms with Gasteiger partial charge in [-0.05, 0) is 40.9 Å². The molecule has 1 amide bonds. The Morgan fingerprint density at radius 2 is 2.43 bits per heavy atom. The zero-order chi connectivity index (χ0) is 14.8. The summed E-state index contributed by atoms with van der Waals surface area (Å²) in [5.74, 6) is 2.19. The second-order valence-electron chi connectivity index (χ2n) is 5.19. The van der Waals surface area contributed by atoms with Crippen molar-refractivity contribution in [1.29, 1.82) is 0 Å². The minimum Gasteiger partial charge on any atom is -0.444 e. The number of aromatic nitrogens is 3. The summed E-state index contributed by atoms with van der Waals surface area (Å²) < 4.78 is 5.92. The van der Waals surface area contributed by atoms with E-state index < -0.39 is 0 Å². The zero-order valence-corrected chi connectivity index (χ0v) is 13.4. The molecule has 1 atom stereocenters. The highest BCUT2D eigenvalue weighted by Crippen LogP contribution is 2.26. The summed E-state index contributed by atoms with van der Waals surface area (Å²) in [5, 5.41) is 7.22. The highest BCUT2D eigenvalue weighted by atomic mass is 79.9. The molecule has 21 heavy (non-hydrogen) atoms. The van der Waals surface area contributed by atoms with E-state index in [-0.39, 0.29) is 11.8 Å². The van der Waals surface area contributed by atoms with Gasteiger partial charge >= 0.3 is 0 Å². The molecular formula is C14H17BrN4O2. The molecule has 3 heterocycles. The molecule has 1 N–H and O–H groups in total. The SMILES string of the molecule is CCc1nc([C@@H]2CCCN(C(=O)c3ccc(Br)o3)C2)n[nH]1. The van der Waals surface area contributed by atoms with Gasteiger partial charge in [0, 0.05) is 25.4 Å². The van der Waals surface area contributed by atoms with Crippen molar-refractivity contribution in [1.82, 2.24) is 20.1 Å². The van der Waals surface area contributed by atoms with Crippen LogP contribution in [0.1, 0.15) is 47.9 Å². The molecule has 3 rings (SSSR count).